The van der Waals surface area contributed by atoms with Crippen molar-refractivity contribution in [2.75, 3.05) is 37.5 Å². The number of ether oxygens (including phenoxy) is 3. The molecule has 2 unspecified atom stereocenters. The number of alkyl halides is 2. The molecule has 0 amide bonds. The van der Waals surface area contributed by atoms with Crippen molar-refractivity contribution < 1.29 is 14.2 Å². The number of hydrogen-bond acceptors (Lipinski definition) is 3. The third-order valence-corrected chi connectivity index (χ3v) is 12.4. The van der Waals surface area contributed by atoms with Crippen molar-refractivity contribution in [3.8, 4) is 0 Å². The van der Waals surface area contributed by atoms with E-state index in [0.29, 0.717) is 25.4 Å². The van der Waals surface area contributed by atoms with Crippen LogP contribution in [0.5, 0.6) is 0 Å². The fourth-order valence-electron chi connectivity index (χ4n) is 7.55. The first-order valence-electron chi connectivity index (χ1n) is 24.5. The Morgan fingerprint density at radius 1 is 0.345 bits per heavy atom. The van der Waals surface area contributed by atoms with Gasteiger partial charge in [0.2, 0.25) is 0 Å². The Kier molecular flexibility index (Phi) is 50.8. The summed E-state index contributed by atoms with van der Waals surface area (Å²) in [5.41, 5.74) is 0. The van der Waals surface area contributed by atoms with Crippen LogP contribution in [0.15, 0.2) is 24.3 Å². The third-order valence-electron chi connectivity index (χ3n) is 11.3. The van der Waals surface area contributed by atoms with Gasteiger partial charge < -0.3 is 14.2 Å². The van der Waals surface area contributed by atoms with Gasteiger partial charge >= 0.3 is 0 Å². The summed E-state index contributed by atoms with van der Waals surface area (Å²) in [5, 5.41) is 2.33. The van der Waals surface area contributed by atoms with E-state index in [-0.39, 0.29) is 0 Å². The molecule has 0 aliphatic heterocycles. The average Bonchev–Trinajstić information content (AvgIpc) is 3.19. The van der Waals surface area contributed by atoms with E-state index < -0.39 is 0 Å². The smallest absolute Gasteiger partial charge is 0.149 e. The molecule has 5 heteroatoms. The zero-order valence-electron chi connectivity index (χ0n) is 37.1. The Morgan fingerprint density at radius 3 is 1.00 bits per heavy atom. The van der Waals surface area contributed by atoms with Gasteiger partial charge in [-0.05, 0) is 76.0 Å². The first-order valence-corrected chi connectivity index (χ1v) is 26.7. The highest BCUT2D eigenvalue weighted by atomic mass is 79.9. The van der Waals surface area contributed by atoms with Gasteiger partial charge in [-0.2, -0.15) is 0 Å². The molecule has 0 radical (unpaired) electrons. The van der Waals surface area contributed by atoms with E-state index in [4.69, 9.17) is 14.2 Å². The van der Waals surface area contributed by atoms with Crippen LogP contribution in [0.3, 0.4) is 0 Å². The molecular weight excluding hydrogens is 808 g/mol. The van der Waals surface area contributed by atoms with Gasteiger partial charge in [-0.1, -0.05) is 237 Å². The molecular formula is C50H96Br2O3. The van der Waals surface area contributed by atoms with Crippen molar-refractivity contribution in [2.45, 2.75) is 245 Å². The number of rotatable bonds is 48. The average molecular weight is 905 g/mol. The molecule has 0 rings (SSSR count). The molecule has 0 saturated carbocycles. The molecule has 0 aromatic heterocycles. The molecule has 0 fully saturated rings. The molecule has 0 N–H and O–H groups in total. The molecule has 0 bridgehead atoms. The summed E-state index contributed by atoms with van der Waals surface area (Å²) in [4.78, 5) is 0. The Labute approximate surface area is 362 Å². The van der Waals surface area contributed by atoms with Gasteiger partial charge in [0.15, 0.2) is 0 Å². The summed E-state index contributed by atoms with van der Waals surface area (Å²) < 4.78 is 17.6. The molecule has 3 nitrogen and oxygen atoms in total. The Morgan fingerprint density at radius 2 is 0.655 bits per heavy atom. The first-order chi connectivity index (χ1) is 27.3. The summed E-state index contributed by atoms with van der Waals surface area (Å²) >= 11 is 7.07. The quantitative estimate of drug-likeness (QED) is 0.0264. The van der Waals surface area contributed by atoms with Crippen molar-refractivity contribution >= 4 is 31.9 Å². The SMILES string of the molecule is CCCCCCCC(C=CCCCCCCCCCCCCBr)CCOCOCOCCC(C=CCCCCCCCCCCCCBr)CCCCCCC. The fraction of sp³-hybridized carbons (Fsp3) is 0.920. The van der Waals surface area contributed by atoms with Gasteiger partial charge in [-0.15, -0.1) is 0 Å². The molecule has 0 aromatic carbocycles. The van der Waals surface area contributed by atoms with Crippen LogP contribution in [0.2, 0.25) is 0 Å². The van der Waals surface area contributed by atoms with Crippen LogP contribution in [-0.2, 0) is 14.2 Å². The lowest BCUT2D eigenvalue weighted by Gasteiger charge is -2.14. The second kappa shape index (κ2) is 50.5. The summed E-state index contributed by atoms with van der Waals surface area (Å²) in [7, 11) is 0. The molecule has 0 saturated heterocycles. The van der Waals surface area contributed by atoms with E-state index in [9.17, 15) is 0 Å². The molecule has 328 valence electrons. The van der Waals surface area contributed by atoms with E-state index in [1.54, 1.807) is 0 Å². The maximum atomic E-state index is 5.92. The van der Waals surface area contributed by atoms with Gasteiger partial charge in [-0.3, -0.25) is 0 Å². The molecule has 0 aromatic rings. The largest absolute Gasteiger partial charge is 0.355 e. The van der Waals surface area contributed by atoms with Crippen molar-refractivity contribution in [3.63, 3.8) is 0 Å². The van der Waals surface area contributed by atoms with Gasteiger partial charge in [0.25, 0.3) is 0 Å². The summed E-state index contributed by atoms with van der Waals surface area (Å²) in [5.74, 6) is 1.26. The van der Waals surface area contributed by atoms with Gasteiger partial charge in [-0.25, -0.2) is 0 Å². The Bertz CT molecular complexity index is 685. The minimum absolute atomic E-state index is 0.335. The van der Waals surface area contributed by atoms with Crippen molar-refractivity contribution in [3.05, 3.63) is 24.3 Å². The number of unbranched alkanes of at least 4 members (excludes halogenated alkanes) is 28. The van der Waals surface area contributed by atoms with E-state index in [2.05, 4.69) is 70.0 Å². The van der Waals surface area contributed by atoms with Gasteiger partial charge in [0.05, 0.1) is 0 Å². The zero-order valence-corrected chi connectivity index (χ0v) is 40.3. The lowest BCUT2D eigenvalue weighted by molar-refractivity contribution is -0.133. The topological polar surface area (TPSA) is 27.7 Å². The lowest BCUT2D eigenvalue weighted by Crippen LogP contribution is -2.10. The summed E-state index contributed by atoms with van der Waals surface area (Å²) in [6, 6.07) is 0. The van der Waals surface area contributed by atoms with Crippen molar-refractivity contribution in [1.29, 1.82) is 0 Å². The van der Waals surface area contributed by atoms with Crippen molar-refractivity contribution in [1.82, 2.24) is 0 Å². The predicted molar refractivity (Wildman–Crippen MR) is 253 cm³/mol. The summed E-state index contributed by atoms with van der Waals surface area (Å²) in [6.45, 7) is 6.80. The minimum atomic E-state index is 0.335. The van der Waals surface area contributed by atoms with E-state index in [0.717, 1.165) is 36.7 Å². The van der Waals surface area contributed by atoms with Crippen molar-refractivity contribution in [2.24, 2.45) is 11.8 Å². The zero-order chi connectivity index (χ0) is 39.8. The monoisotopic (exact) mass is 903 g/mol. The van der Waals surface area contributed by atoms with E-state index in [1.807, 2.05) is 0 Å². The minimum Gasteiger partial charge on any atom is -0.355 e. The molecule has 0 aliphatic carbocycles. The standard InChI is InChI=1S/C50H96Br2O3/c1-3-5-7-25-31-37-49(39-33-27-21-17-13-9-11-15-19-23-29-35-43-51)41-45-53-47-55-48-54-46-42-50(38-32-26-8-6-4-2)40-34-28-22-18-14-10-12-16-20-24-30-36-44-52/h33-34,39-40,49-50H,3-32,35-38,41-48H2,1-2H3. The lowest BCUT2D eigenvalue weighted by atomic mass is 9.96. The summed E-state index contributed by atoms with van der Waals surface area (Å²) in [6.07, 6.45) is 58.6. The van der Waals surface area contributed by atoms with Crippen LogP contribution in [0.1, 0.15) is 245 Å². The normalized spacial score (nSPS) is 13.2. The van der Waals surface area contributed by atoms with Gasteiger partial charge in [0.1, 0.15) is 13.6 Å². The van der Waals surface area contributed by atoms with Crippen LogP contribution in [-0.4, -0.2) is 37.5 Å². The molecule has 0 aliphatic rings. The fourth-order valence-corrected chi connectivity index (χ4v) is 8.35. The number of allylic oxidation sites excluding steroid dienone is 4. The maximum absolute atomic E-state index is 5.92. The van der Waals surface area contributed by atoms with Crippen LogP contribution in [0.4, 0.5) is 0 Å². The highest BCUT2D eigenvalue weighted by molar-refractivity contribution is 9.09. The molecule has 55 heavy (non-hydrogen) atoms. The van der Waals surface area contributed by atoms with E-state index >= 15 is 0 Å². The maximum Gasteiger partial charge on any atom is 0.149 e. The van der Waals surface area contributed by atoms with Crippen LogP contribution in [0.25, 0.3) is 0 Å². The highest BCUT2D eigenvalue weighted by Gasteiger charge is 2.07. The predicted octanol–water partition coefficient (Wildman–Crippen LogP) is 18.2. The van der Waals surface area contributed by atoms with Crippen LogP contribution in [0, 0.1) is 11.8 Å². The second-order valence-corrected chi connectivity index (χ2v) is 18.2. The van der Waals surface area contributed by atoms with Gasteiger partial charge in [0, 0.05) is 23.9 Å². The second-order valence-electron chi connectivity index (χ2n) is 16.6. The Balaban J connectivity index is 4.19. The Hall–Kier alpha value is 0.320. The van der Waals surface area contributed by atoms with E-state index in [1.165, 1.54) is 218 Å². The highest BCUT2D eigenvalue weighted by Crippen LogP contribution is 2.20. The molecule has 0 spiro atoms. The third kappa shape index (κ3) is 46.9. The molecule has 2 atom stereocenters. The first kappa shape index (κ1) is 55.3. The number of hydrogen-bond donors (Lipinski definition) is 0. The number of halogens is 2. The van der Waals surface area contributed by atoms with Crippen LogP contribution < -0.4 is 0 Å². The molecule has 0 heterocycles. The van der Waals surface area contributed by atoms with Crippen LogP contribution >= 0.6 is 31.9 Å².